The van der Waals surface area contributed by atoms with Crippen molar-refractivity contribution in [1.82, 2.24) is 0 Å². The molecule has 2 aromatic carbocycles. The molecular formula is C15H21Cl2N3O2. The van der Waals surface area contributed by atoms with Crippen LogP contribution in [-0.4, -0.2) is 11.1 Å². The van der Waals surface area contributed by atoms with Crippen LogP contribution in [0.15, 0.2) is 36.4 Å². The van der Waals surface area contributed by atoms with Gasteiger partial charge in [0.05, 0.1) is 5.56 Å². The van der Waals surface area contributed by atoms with E-state index in [4.69, 9.17) is 22.3 Å². The number of nitrogens with two attached hydrogens (primary N) is 3. The van der Waals surface area contributed by atoms with Gasteiger partial charge in [-0.25, -0.2) is 4.79 Å². The highest BCUT2D eigenvalue weighted by Crippen LogP contribution is 2.21. The first-order chi connectivity index (χ1) is 9.32. The number of nitrogen functional groups attached to an aromatic ring is 3. The topological polar surface area (TPSA) is 115 Å². The molecule has 122 valence electrons. The third-order valence-corrected chi connectivity index (χ3v) is 2.91. The van der Waals surface area contributed by atoms with Crippen molar-refractivity contribution >= 4 is 47.8 Å². The van der Waals surface area contributed by atoms with Gasteiger partial charge in [-0.2, -0.15) is 0 Å². The van der Waals surface area contributed by atoms with Crippen LogP contribution in [0.25, 0.3) is 0 Å². The molecule has 0 radical (unpaired) electrons. The van der Waals surface area contributed by atoms with Crippen molar-refractivity contribution in [3.8, 4) is 0 Å². The Balaban J connectivity index is 0. The average Bonchev–Trinajstić information content (AvgIpc) is 2.41. The van der Waals surface area contributed by atoms with Gasteiger partial charge >= 0.3 is 5.97 Å². The van der Waals surface area contributed by atoms with Crippen molar-refractivity contribution in [2.75, 3.05) is 17.2 Å². The van der Waals surface area contributed by atoms with Gasteiger partial charge in [-0.3, -0.25) is 0 Å². The Bertz CT molecular complexity index is 607. The molecule has 0 spiro atoms. The van der Waals surface area contributed by atoms with Crippen molar-refractivity contribution in [2.24, 2.45) is 0 Å². The quantitative estimate of drug-likeness (QED) is 0.592. The van der Waals surface area contributed by atoms with E-state index in [0.29, 0.717) is 5.69 Å². The molecular weight excluding hydrogens is 325 g/mol. The Kier molecular flexibility index (Phi) is 9.84. The lowest BCUT2D eigenvalue weighted by atomic mass is 10.1. The van der Waals surface area contributed by atoms with Crippen LogP contribution in [-0.2, 0) is 0 Å². The molecule has 0 aromatic heterocycles. The minimum atomic E-state index is -0.952. The van der Waals surface area contributed by atoms with Gasteiger partial charge in [0.2, 0.25) is 0 Å². The third kappa shape index (κ3) is 6.11. The molecule has 0 saturated carbocycles. The molecule has 0 bridgehead atoms. The number of hydrogen-bond acceptors (Lipinski definition) is 4. The van der Waals surface area contributed by atoms with Crippen LogP contribution >= 0.6 is 24.8 Å². The maximum Gasteiger partial charge on any atom is 0.335 e. The Labute approximate surface area is 142 Å². The fourth-order valence-electron chi connectivity index (χ4n) is 1.55. The lowest BCUT2D eigenvalue weighted by Gasteiger charge is -2.05. The Hall–Kier alpha value is -2.11. The predicted molar refractivity (Wildman–Crippen MR) is 97.1 cm³/mol. The minimum Gasteiger partial charge on any atom is -0.478 e. The van der Waals surface area contributed by atoms with Crippen LogP contribution in [0.4, 0.5) is 17.1 Å². The summed E-state index contributed by atoms with van der Waals surface area (Å²) in [5, 5.41) is 8.45. The maximum atomic E-state index is 10.3. The second kappa shape index (κ2) is 9.76. The largest absolute Gasteiger partial charge is 0.478 e. The van der Waals surface area contributed by atoms with Gasteiger partial charge < -0.3 is 22.3 Å². The zero-order chi connectivity index (χ0) is 15.3. The summed E-state index contributed by atoms with van der Waals surface area (Å²) in [4.78, 5) is 10.3. The van der Waals surface area contributed by atoms with E-state index in [9.17, 15) is 4.79 Å². The highest BCUT2D eigenvalue weighted by atomic mass is 35.5. The number of hydrogen-bond donors (Lipinski definition) is 4. The lowest BCUT2D eigenvalue weighted by Crippen LogP contribution is -1.97. The molecule has 2 rings (SSSR count). The van der Waals surface area contributed by atoms with Crippen LogP contribution in [0.1, 0.15) is 21.5 Å². The molecule has 0 unspecified atom stereocenters. The van der Waals surface area contributed by atoms with Crippen LogP contribution in [0.5, 0.6) is 0 Å². The van der Waals surface area contributed by atoms with E-state index in [1.54, 1.807) is 12.1 Å². The van der Waals surface area contributed by atoms with Crippen LogP contribution in [0.3, 0.4) is 0 Å². The van der Waals surface area contributed by atoms with E-state index in [-0.39, 0.29) is 30.4 Å². The Morgan fingerprint density at radius 3 is 2.00 bits per heavy atom. The fourth-order valence-corrected chi connectivity index (χ4v) is 1.55. The summed E-state index contributed by atoms with van der Waals surface area (Å²) in [6.07, 6.45) is 0. The molecule has 2 aromatic rings. The molecule has 7 heteroatoms. The first-order valence-electron chi connectivity index (χ1n) is 6.03. The zero-order valence-electron chi connectivity index (χ0n) is 12.4. The number of anilines is 3. The van der Waals surface area contributed by atoms with Gasteiger partial charge in [0.25, 0.3) is 0 Å². The van der Waals surface area contributed by atoms with Gasteiger partial charge in [-0.05, 0) is 49.2 Å². The highest BCUT2D eigenvalue weighted by Gasteiger charge is 2.00. The lowest BCUT2D eigenvalue weighted by molar-refractivity contribution is 0.0697. The molecule has 7 N–H and O–H groups in total. The number of benzene rings is 2. The summed E-state index contributed by atoms with van der Waals surface area (Å²) in [7, 11) is 0. The second-order valence-electron chi connectivity index (χ2n) is 4.44. The second-order valence-corrected chi connectivity index (χ2v) is 4.44. The Morgan fingerprint density at radius 2 is 1.59 bits per heavy atom. The van der Waals surface area contributed by atoms with Crippen molar-refractivity contribution in [3.05, 3.63) is 53.1 Å². The van der Waals surface area contributed by atoms with Gasteiger partial charge in [0, 0.05) is 17.1 Å². The van der Waals surface area contributed by atoms with Crippen molar-refractivity contribution in [3.63, 3.8) is 0 Å². The molecule has 5 nitrogen and oxygen atoms in total. The summed E-state index contributed by atoms with van der Waals surface area (Å²) < 4.78 is 0. The van der Waals surface area contributed by atoms with Gasteiger partial charge in [0.1, 0.15) is 0 Å². The number of rotatable bonds is 1. The van der Waals surface area contributed by atoms with E-state index < -0.39 is 5.97 Å². The van der Waals surface area contributed by atoms with E-state index in [1.165, 1.54) is 12.1 Å². The summed E-state index contributed by atoms with van der Waals surface area (Å²) in [6, 6.07) is 9.98. The first-order valence-corrected chi connectivity index (χ1v) is 6.03. The first kappa shape index (κ1) is 22.2. The number of aromatic carboxylic acids is 1. The smallest absolute Gasteiger partial charge is 0.335 e. The molecule has 0 saturated heterocycles. The Morgan fingerprint density at radius 1 is 1.00 bits per heavy atom. The number of carboxylic acids is 1. The van der Waals surface area contributed by atoms with E-state index in [0.717, 1.165) is 22.5 Å². The van der Waals surface area contributed by atoms with Crippen LogP contribution in [0, 0.1) is 13.8 Å². The van der Waals surface area contributed by atoms with Crippen molar-refractivity contribution < 1.29 is 9.90 Å². The van der Waals surface area contributed by atoms with Gasteiger partial charge in [-0.15, -0.1) is 24.8 Å². The number of aryl methyl sites for hydroxylation is 1. The molecule has 0 amide bonds. The summed E-state index contributed by atoms with van der Waals surface area (Å²) in [5.74, 6) is -0.952. The molecule has 0 heterocycles. The normalized spacial score (nSPS) is 8.64. The molecule has 0 aliphatic rings. The summed E-state index contributed by atoms with van der Waals surface area (Å²) in [6.45, 7) is 3.90. The SMILES string of the molecule is Cc1ccc(N)c(C)c1N.Cl.Cl.Nc1cccc(C(=O)O)c1. The number of carboxylic acid groups (broad SMARTS) is 1. The third-order valence-electron chi connectivity index (χ3n) is 2.91. The van der Waals surface area contributed by atoms with Crippen LogP contribution in [0.2, 0.25) is 0 Å². The van der Waals surface area contributed by atoms with Gasteiger partial charge in [0.15, 0.2) is 0 Å². The molecule has 0 aliphatic carbocycles. The van der Waals surface area contributed by atoms with Crippen molar-refractivity contribution in [1.29, 1.82) is 0 Å². The fraction of sp³-hybridized carbons (Fsp3) is 0.133. The average molecular weight is 346 g/mol. The summed E-state index contributed by atoms with van der Waals surface area (Å²) in [5.41, 5.74) is 21.0. The highest BCUT2D eigenvalue weighted by molar-refractivity contribution is 5.88. The predicted octanol–water partition coefficient (Wildman–Crippen LogP) is 3.28. The van der Waals surface area contributed by atoms with E-state index in [1.807, 2.05) is 26.0 Å². The molecule has 0 fully saturated rings. The van der Waals surface area contributed by atoms with E-state index >= 15 is 0 Å². The number of halogens is 2. The molecule has 0 aliphatic heterocycles. The maximum absolute atomic E-state index is 10.3. The standard InChI is InChI=1S/C8H12N2.C7H7NO2.2ClH/c1-5-3-4-7(9)6(2)8(5)10;8-6-3-1-2-5(4-6)7(9)10;;/h3-4H,9-10H2,1-2H3;1-4H,8H2,(H,9,10);2*1H. The van der Waals surface area contributed by atoms with Crippen molar-refractivity contribution in [2.45, 2.75) is 13.8 Å². The zero-order valence-corrected chi connectivity index (χ0v) is 14.0. The molecule has 22 heavy (non-hydrogen) atoms. The van der Waals surface area contributed by atoms with E-state index in [2.05, 4.69) is 0 Å². The minimum absolute atomic E-state index is 0. The molecule has 0 atom stereocenters. The van der Waals surface area contributed by atoms with Crippen LogP contribution < -0.4 is 17.2 Å². The van der Waals surface area contributed by atoms with Gasteiger partial charge in [-0.1, -0.05) is 12.1 Å². The number of carbonyl (C=O) groups is 1. The summed E-state index contributed by atoms with van der Waals surface area (Å²) >= 11 is 0. The monoisotopic (exact) mass is 345 g/mol.